The highest BCUT2D eigenvalue weighted by Crippen LogP contribution is 2.13. The molecule has 1 fully saturated rings. The van der Waals surface area contributed by atoms with Crippen LogP contribution in [0.15, 0.2) is 30.5 Å². The lowest BCUT2D eigenvalue weighted by Crippen LogP contribution is -2.38. The molecule has 1 aliphatic heterocycles. The van der Waals surface area contributed by atoms with Crippen LogP contribution in [0, 0.1) is 0 Å². The zero-order valence-electron chi connectivity index (χ0n) is 10.1. The molecule has 0 bridgehead atoms. The van der Waals surface area contributed by atoms with Gasteiger partial charge < -0.3 is 10.6 Å². The van der Waals surface area contributed by atoms with Crippen LogP contribution in [0.1, 0.15) is 12.8 Å². The predicted octanol–water partition coefficient (Wildman–Crippen LogP) is 2.22. The van der Waals surface area contributed by atoms with Crippen molar-refractivity contribution in [1.82, 2.24) is 15.3 Å². The Morgan fingerprint density at radius 2 is 2.06 bits per heavy atom. The van der Waals surface area contributed by atoms with Crippen molar-refractivity contribution in [3.63, 3.8) is 0 Å². The zero-order valence-corrected chi connectivity index (χ0v) is 10.9. The maximum atomic E-state index is 4.57. The molecule has 1 aliphatic rings. The number of hydrogen-bond acceptors (Lipinski definition) is 4. The van der Waals surface area contributed by atoms with E-state index >= 15 is 0 Å². The maximum absolute atomic E-state index is 4.57. The van der Waals surface area contributed by atoms with E-state index in [0.29, 0.717) is 6.04 Å². The second kappa shape index (κ2) is 5.98. The van der Waals surface area contributed by atoms with E-state index in [1.165, 1.54) is 12.8 Å². The lowest BCUT2D eigenvalue weighted by molar-refractivity contribution is 0.479. The average Bonchev–Trinajstić information content (AvgIpc) is 2.40. The molecule has 2 heterocycles. The summed E-state index contributed by atoms with van der Waals surface area (Å²) in [7, 11) is 0. The van der Waals surface area contributed by atoms with Gasteiger partial charge in [-0.2, -0.15) is 0 Å². The van der Waals surface area contributed by atoms with Gasteiger partial charge in [-0.1, -0.05) is 12.1 Å². The highest BCUT2D eigenvalue weighted by molar-refractivity contribution is 5.85. The topological polar surface area (TPSA) is 49.8 Å². The van der Waals surface area contributed by atoms with Crippen LogP contribution in [0.4, 0.5) is 5.82 Å². The number of benzene rings is 1. The van der Waals surface area contributed by atoms with Crippen LogP contribution in [0.5, 0.6) is 0 Å². The summed E-state index contributed by atoms with van der Waals surface area (Å²) >= 11 is 0. The number of piperidine rings is 1. The van der Waals surface area contributed by atoms with Crippen molar-refractivity contribution in [2.24, 2.45) is 0 Å². The van der Waals surface area contributed by atoms with Gasteiger partial charge in [0.05, 0.1) is 17.2 Å². The quantitative estimate of drug-likeness (QED) is 0.873. The molecule has 0 saturated carbocycles. The number of nitrogens with one attached hydrogen (secondary N) is 2. The Morgan fingerprint density at radius 3 is 2.83 bits per heavy atom. The first-order chi connectivity index (χ1) is 8.42. The lowest BCUT2D eigenvalue weighted by atomic mass is 10.1. The van der Waals surface area contributed by atoms with Crippen molar-refractivity contribution in [2.45, 2.75) is 18.9 Å². The van der Waals surface area contributed by atoms with Gasteiger partial charge in [-0.3, -0.25) is 4.98 Å². The number of rotatable bonds is 2. The minimum atomic E-state index is 0. The summed E-state index contributed by atoms with van der Waals surface area (Å²) in [6.45, 7) is 2.14. The Balaban J connectivity index is 0.00000120. The number of halogens is 1. The van der Waals surface area contributed by atoms with Crippen LogP contribution in [0.25, 0.3) is 11.0 Å². The fourth-order valence-corrected chi connectivity index (χ4v) is 2.21. The van der Waals surface area contributed by atoms with Gasteiger partial charge in [-0.25, -0.2) is 4.98 Å². The van der Waals surface area contributed by atoms with Crippen molar-refractivity contribution < 1.29 is 0 Å². The van der Waals surface area contributed by atoms with E-state index in [2.05, 4.69) is 20.6 Å². The van der Waals surface area contributed by atoms with Crippen molar-refractivity contribution in [3.05, 3.63) is 30.5 Å². The highest BCUT2D eigenvalue weighted by Gasteiger charge is 2.13. The number of anilines is 1. The molecular formula is C13H17ClN4. The Labute approximate surface area is 113 Å². The first-order valence-electron chi connectivity index (χ1n) is 6.11. The van der Waals surface area contributed by atoms with Gasteiger partial charge in [-0.15, -0.1) is 12.4 Å². The smallest absolute Gasteiger partial charge is 0.145 e. The van der Waals surface area contributed by atoms with E-state index in [-0.39, 0.29) is 12.4 Å². The summed E-state index contributed by atoms with van der Waals surface area (Å²) in [5, 5.41) is 6.82. The Kier molecular flexibility index (Phi) is 4.33. The van der Waals surface area contributed by atoms with Crippen molar-refractivity contribution in [1.29, 1.82) is 0 Å². The molecule has 18 heavy (non-hydrogen) atoms. The van der Waals surface area contributed by atoms with E-state index in [1.807, 2.05) is 30.5 Å². The molecule has 1 aromatic carbocycles. The fourth-order valence-electron chi connectivity index (χ4n) is 2.21. The third-order valence-electron chi connectivity index (χ3n) is 3.10. The summed E-state index contributed by atoms with van der Waals surface area (Å²) in [5.41, 5.74) is 1.89. The Hall–Kier alpha value is -1.39. The third kappa shape index (κ3) is 2.89. The molecule has 0 unspecified atom stereocenters. The van der Waals surface area contributed by atoms with Crippen LogP contribution in [-0.4, -0.2) is 29.1 Å². The molecule has 1 atom stereocenters. The van der Waals surface area contributed by atoms with Crippen LogP contribution in [0.2, 0.25) is 0 Å². The molecule has 1 aromatic heterocycles. The second-order valence-corrected chi connectivity index (χ2v) is 4.43. The third-order valence-corrected chi connectivity index (χ3v) is 3.10. The van der Waals surface area contributed by atoms with Gasteiger partial charge in [0.2, 0.25) is 0 Å². The number of nitrogens with zero attached hydrogens (tertiary/aromatic N) is 2. The predicted molar refractivity (Wildman–Crippen MR) is 76.3 cm³/mol. The summed E-state index contributed by atoms with van der Waals surface area (Å²) in [6.07, 6.45) is 4.23. The van der Waals surface area contributed by atoms with E-state index in [0.717, 1.165) is 29.9 Å². The van der Waals surface area contributed by atoms with Gasteiger partial charge in [0.25, 0.3) is 0 Å². The van der Waals surface area contributed by atoms with Crippen molar-refractivity contribution >= 4 is 29.3 Å². The molecule has 0 aliphatic carbocycles. The van der Waals surface area contributed by atoms with Gasteiger partial charge in [-0.05, 0) is 31.5 Å². The number of para-hydroxylation sites is 2. The molecule has 5 heteroatoms. The van der Waals surface area contributed by atoms with Gasteiger partial charge in [0.15, 0.2) is 0 Å². The first kappa shape index (κ1) is 13.1. The Morgan fingerprint density at radius 1 is 1.22 bits per heavy atom. The second-order valence-electron chi connectivity index (χ2n) is 4.43. The molecule has 0 radical (unpaired) electrons. The number of aromatic nitrogens is 2. The normalized spacial score (nSPS) is 19.2. The van der Waals surface area contributed by atoms with Crippen LogP contribution in [0.3, 0.4) is 0 Å². The molecule has 2 aromatic rings. The van der Waals surface area contributed by atoms with Gasteiger partial charge in [0, 0.05) is 12.6 Å². The van der Waals surface area contributed by atoms with E-state index in [1.54, 1.807) is 0 Å². The summed E-state index contributed by atoms with van der Waals surface area (Å²) in [5.74, 6) is 0.873. The summed E-state index contributed by atoms with van der Waals surface area (Å²) in [4.78, 5) is 8.97. The maximum Gasteiger partial charge on any atom is 0.145 e. The van der Waals surface area contributed by atoms with E-state index in [4.69, 9.17) is 0 Å². The fraction of sp³-hybridized carbons (Fsp3) is 0.385. The van der Waals surface area contributed by atoms with Crippen LogP contribution >= 0.6 is 12.4 Å². The SMILES string of the molecule is Cl.c1ccc2nc(N[C@H]3CCCNC3)cnc2c1. The van der Waals surface area contributed by atoms with Gasteiger partial charge in [0.1, 0.15) is 5.82 Å². The summed E-state index contributed by atoms with van der Waals surface area (Å²) < 4.78 is 0. The van der Waals surface area contributed by atoms with Crippen molar-refractivity contribution in [2.75, 3.05) is 18.4 Å². The zero-order chi connectivity index (χ0) is 11.5. The van der Waals surface area contributed by atoms with Crippen LogP contribution < -0.4 is 10.6 Å². The first-order valence-corrected chi connectivity index (χ1v) is 6.11. The van der Waals surface area contributed by atoms with E-state index < -0.39 is 0 Å². The molecular weight excluding hydrogens is 248 g/mol. The largest absolute Gasteiger partial charge is 0.365 e. The molecule has 4 nitrogen and oxygen atoms in total. The standard InChI is InChI=1S/C13H16N4.ClH/c1-2-6-12-11(5-1)15-9-13(17-12)16-10-4-3-7-14-8-10;/h1-2,5-6,9-10,14H,3-4,7-8H2,(H,16,17);1H/t10-;/m0./s1. The number of hydrogen-bond donors (Lipinski definition) is 2. The monoisotopic (exact) mass is 264 g/mol. The molecule has 0 spiro atoms. The molecule has 96 valence electrons. The lowest BCUT2D eigenvalue weighted by Gasteiger charge is -2.24. The van der Waals surface area contributed by atoms with Crippen LogP contribution in [-0.2, 0) is 0 Å². The molecule has 3 rings (SSSR count). The number of fused-ring (bicyclic) bond motifs is 1. The highest BCUT2D eigenvalue weighted by atomic mass is 35.5. The average molecular weight is 265 g/mol. The van der Waals surface area contributed by atoms with Gasteiger partial charge >= 0.3 is 0 Å². The van der Waals surface area contributed by atoms with E-state index in [9.17, 15) is 0 Å². The Bertz CT molecular complexity index is 511. The van der Waals surface area contributed by atoms with Crippen molar-refractivity contribution in [3.8, 4) is 0 Å². The molecule has 1 saturated heterocycles. The summed E-state index contributed by atoms with van der Waals surface area (Å²) in [6, 6.07) is 8.41. The molecule has 2 N–H and O–H groups in total. The minimum Gasteiger partial charge on any atom is -0.365 e. The molecule has 0 amide bonds. The minimum absolute atomic E-state index is 0.